The summed E-state index contributed by atoms with van der Waals surface area (Å²) in [6.07, 6.45) is -17.9. The van der Waals surface area contributed by atoms with Crippen LogP contribution >= 0.6 is 12.4 Å². The molecule has 2 aromatic rings. The first kappa shape index (κ1) is 34.3. The topological polar surface area (TPSA) is 34.2 Å². The van der Waals surface area contributed by atoms with Crippen molar-refractivity contribution in [1.82, 2.24) is 9.80 Å². The van der Waals surface area contributed by atoms with Gasteiger partial charge in [-0.15, -0.1) is 12.4 Å². The highest BCUT2D eigenvalue weighted by Gasteiger charge is 2.50. The minimum absolute atomic E-state index is 0. The molecule has 0 aromatic heterocycles. The maximum atomic E-state index is 13.9. The van der Waals surface area contributed by atoms with E-state index in [4.69, 9.17) is 14.2 Å². The highest BCUT2D eigenvalue weighted by atomic mass is 35.5. The number of halogens is 11. The first-order valence-electron chi connectivity index (χ1n) is 12.6. The van der Waals surface area contributed by atoms with E-state index in [0.29, 0.717) is 0 Å². The van der Waals surface area contributed by atoms with Gasteiger partial charge in [0.05, 0.1) is 25.4 Å². The number of rotatable bonds is 8. The highest BCUT2D eigenvalue weighted by Crippen LogP contribution is 2.33. The number of hydrogen-bond donors (Lipinski definition) is 0. The molecule has 0 amide bonds. The third-order valence-corrected chi connectivity index (χ3v) is 6.84. The summed E-state index contributed by atoms with van der Waals surface area (Å²) in [5.41, 5.74) is 0.323. The van der Waals surface area contributed by atoms with E-state index < -0.39 is 73.1 Å². The monoisotopic (exact) mass is 640 g/mol. The Hall–Kier alpha value is -2.17. The highest BCUT2D eigenvalue weighted by molar-refractivity contribution is 5.85. The quantitative estimate of drug-likeness (QED) is 0.332. The fourth-order valence-electron chi connectivity index (χ4n) is 4.68. The number of benzene rings is 2. The van der Waals surface area contributed by atoms with Gasteiger partial charge in [0.15, 0.2) is 35.5 Å². The van der Waals surface area contributed by atoms with E-state index in [-0.39, 0.29) is 62.9 Å². The van der Waals surface area contributed by atoms with E-state index in [0.717, 1.165) is 24.3 Å². The van der Waals surface area contributed by atoms with Crippen LogP contribution in [0.3, 0.4) is 0 Å². The zero-order valence-corrected chi connectivity index (χ0v) is 22.6. The Kier molecular flexibility index (Phi) is 11.5. The van der Waals surface area contributed by atoms with Gasteiger partial charge >= 0.3 is 12.4 Å². The summed E-state index contributed by atoms with van der Waals surface area (Å²) in [5, 5.41) is 0. The van der Waals surface area contributed by atoms with Crippen molar-refractivity contribution < 1.29 is 58.1 Å². The van der Waals surface area contributed by atoms with Crippen LogP contribution < -0.4 is 0 Å². The average Bonchev–Trinajstić information content (AvgIpc) is 2.90. The summed E-state index contributed by atoms with van der Waals surface area (Å²) in [6, 6.07) is 5.78. The van der Waals surface area contributed by atoms with Crippen LogP contribution in [-0.2, 0) is 14.2 Å². The molecule has 0 radical (unpaired) electrons. The molecular weight excluding hydrogens is 614 g/mol. The number of nitrogens with zero attached hydrogens (tertiary/aromatic N) is 2. The average molecular weight is 641 g/mol. The van der Waals surface area contributed by atoms with Crippen LogP contribution in [0.15, 0.2) is 36.4 Å². The summed E-state index contributed by atoms with van der Waals surface area (Å²) in [4.78, 5) is 2.38. The number of hydrogen-bond acceptors (Lipinski definition) is 5. The van der Waals surface area contributed by atoms with Gasteiger partial charge in [-0.1, -0.05) is 12.1 Å². The summed E-state index contributed by atoms with van der Waals surface area (Å²) in [5.74, 6) is -4.60. The molecule has 0 saturated carbocycles. The molecule has 0 spiro atoms. The summed E-state index contributed by atoms with van der Waals surface area (Å²) in [7, 11) is 0. The molecule has 0 bridgehead atoms. The maximum absolute atomic E-state index is 13.9. The van der Waals surface area contributed by atoms with Crippen LogP contribution in [0, 0.1) is 23.3 Å². The van der Waals surface area contributed by atoms with E-state index in [1.54, 1.807) is 0 Å². The Balaban J connectivity index is 0.00000484. The van der Waals surface area contributed by atoms with Gasteiger partial charge in [0, 0.05) is 39.3 Å². The molecule has 0 aliphatic carbocycles. The standard InChI is InChI=1S/C26H26F10N2O3.ClH/c27-17-3-1-15(9-19(17)29)21-11-37(5-7-39-21)13-23(25(31,32)33)41-24(26(34,35)36)14-38-6-8-40-22(12-38)16-2-4-18(28)20(30)10-16;/h1-4,9-10,21-24H,5-8,11-14H2;1H/t21?,22?,23-,24-;/m0./s1. The third kappa shape index (κ3) is 8.92. The van der Waals surface area contributed by atoms with Gasteiger partial charge in [-0.05, 0) is 35.4 Å². The largest absolute Gasteiger partial charge is 0.415 e. The van der Waals surface area contributed by atoms with E-state index in [1.165, 1.54) is 21.9 Å². The fourth-order valence-corrected chi connectivity index (χ4v) is 4.68. The Morgan fingerprint density at radius 3 is 1.38 bits per heavy atom. The molecule has 16 heteroatoms. The van der Waals surface area contributed by atoms with Gasteiger partial charge in [-0.3, -0.25) is 9.80 Å². The van der Waals surface area contributed by atoms with Gasteiger partial charge in [0.1, 0.15) is 0 Å². The van der Waals surface area contributed by atoms with Crippen molar-refractivity contribution in [3.63, 3.8) is 0 Å². The molecule has 4 rings (SSSR count). The number of alkyl halides is 6. The SMILES string of the molecule is Cl.Fc1ccc(C2CN(C[C@H](O[C@@H](CN3CCOC(c4ccc(F)c(F)c4)C3)C(F)(F)F)C(F)(F)F)CCO2)cc1F. The molecule has 2 unspecified atom stereocenters. The van der Waals surface area contributed by atoms with Gasteiger partial charge in [-0.25, -0.2) is 17.6 Å². The Bertz CT molecular complexity index is 1100. The lowest BCUT2D eigenvalue weighted by atomic mass is 10.1. The number of ether oxygens (including phenoxy) is 3. The predicted octanol–water partition coefficient (Wildman–Crippen LogP) is 5.99. The Morgan fingerprint density at radius 2 is 1.05 bits per heavy atom. The van der Waals surface area contributed by atoms with E-state index in [2.05, 4.69) is 0 Å². The molecule has 2 saturated heterocycles. The lowest BCUT2D eigenvalue weighted by molar-refractivity contribution is -0.292. The van der Waals surface area contributed by atoms with E-state index in [1.807, 2.05) is 0 Å². The van der Waals surface area contributed by atoms with E-state index >= 15 is 0 Å². The smallest absolute Gasteiger partial charge is 0.371 e. The molecule has 2 aliphatic heterocycles. The van der Waals surface area contributed by atoms with Crippen molar-refractivity contribution in [2.45, 2.75) is 36.8 Å². The first-order chi connectivity index (χ1) is 19.2. The summed E-state index contributed by atoms with van der Waals surface area (Å²) >= 11 is 0. The van der Waals surface area contributed by atoms with Gasteiger partial charge in [0.25, 0.3) is 0 Å². The molecule has 2 heterocycles. The van der Waals surface area contributed by atoms with Crippen molar-refractivity contribution in [2.75, 3.05) is 52.5 Å². The lowest BCUT2D eigenvalue weighted by Gasteiger charge is -2.38. The fraction of sp³-hybridized carbons (Fsp3) is 0.538. The van der Waals surface area contributed by atoms with Crippen LogP contribution in [0.4, 0.5) is 43.9 Å². The van der Waals surface area contributed by atoms with Gasteiger partial charge in [-0.2, -0.15) is 26.3 Å². The molecule has 2 fully saturated rings. The van der Waals surface area contributed by atoms with Crippen LogP contribution in [0.25, 0.3) is 0 Å². The van der Waals surface area contributed by atoms with E-state index in [9.17, 15) is 43.9 Å². The Morgan fingerprint density at radius 1 is 0.667 bits per heavy atom. The van der Waals surface area contributed by atoms with Crippen LogP contribution in [0.1, 0.15) is 23.3 Å². The van der Waals surface area contributed by atoms with Crippen LogP contribution in [0.5, 0.6) is 0 Å². The van der Waals surface area contributed by atoms with Gasteiger partial charge < -0.3 is 14.2 Å². The lowest BCUT2D eigenvalue weighted by Crippen LogP contribution is -2.53. The molecule has 4 atom stereocenters. The molecule has 236 valence electrons. The predicted molar refractivity (Wildman–Crippen MR) is 131 cm³/mol. The zero-order chi connectivity index (χ0) is 29.9. The van der Waals surface area contributed by atoms with Crippen molar-refractivity contribution >= 4 is 12.4 Å². The summed E-state index contributed by atoms with van der Waals surface area (Å²) in [6.45, 7) is -2.70. The second kappa shape index (κ2) is 14.1. The molecule has 2 aromatic carbocycles. The second-order valence-electron chi connectivity index (χ2n) is 9.78. The van der Waals surface area contributed by atoms with Gasteiger partial charge in [0.2, 0.25) is 0 Å². The second-order valence-corrected chi connectivity index (χ2v) is 9.78. The van der Waals surface area contributed by atoms with Crippen molar-refractivity contribution in [3.8, 4) is 0 Å². The molecule has 0 N–H and O–H groups in total. The Labute approximate surface area is 240 Å². The molecule has 5 nitrogen and oxygen atoms in total. The van der Waals surface area contributed by atoms with Crippen LogP contribution in [0.2, 0.25) is 0 Å². The molecular formula is C26H27ClF10N2O3. The maximum Gasteiger partial charge on any atom is 0.415 e. The van der Waals surface area contributed by atoms with Crippen molar-refractivity contribution in [2.24, 2.45) is 0 Å². The van der Waals surface area contributed by atoms with Crippen LogP contribution in [-0.4, -0.2) is 86.8 Å². The van der Waals surface area contributed by atoms with Crippen molar-refractivity contribution in [3.05, 3.63) is 70.8 Å². The minimum atomic E-state index is -5.17. The molecule has 42 heavy (non-hydrogen) atoms. The minimum Gasteiger partial charge on any atom is -0.371 e. The van der Waals surface area contributed by atoms with Crippen molar-refractivity contribution in [1.29, 1.82) is 0 Å². The summed E-state index contributed by atoms with van der Waals surface area (Å²) < 4.78 is 153. The zero-order valence-electron chi connectivity index (χ0n) is 21.7. The molecule has 2 aliphatic rings. The first-order valence-corrected chi connectivity index (χ1v) is 12.6. The normalized spacial score (nSPS) is 22.4. The third-order valence-electron chi connectivity index (χ3n) is 6.84. The number of morpholine rings is 2.